The minimum Gasteiger partial charge on any atom is -0.212 e. The van der Waals surface area contributed by atoms with Crippen LogP contribution in [-0.2, 0) is 21.7 Å². The molecule has 106 valence electrons. The van der Waals surface area contributed by atoms with E-state index in [0.29, 0.717) is 12.4 Å². The molecule has 1 fully saturated rings. The van der Waals surface area contributed by atoms with Crippen molar-refractivity contribution < 1.29 is 8.42 Å². The van der Waals surface area contributed by atoms with Gasteiger partial charge in [-0.25, -0.2) is 8.42 Å². The quantitative estimate of drug-likeness (QED) is 0.801. The molecule has 1 aliphatic heterocycles. The second-order valence-electron chi connectivity index (χ2n) is 4.74. The summed E-state index contributed by atoms with van der Waals surface area (Å²) in [7, 11) is -3.23. The van der Waals surface area contributed by atoms with Gasteiger partial charge >= 0.3 is 0 Å². The Kier molecular flexibility index (Phi) is 5.17. The summed E-state index contributed by atoms with van der Waals surface area (Å²) in [5.41, 5.74) is 1.76. The van der Waals surface area contributed by atoms with E-state index in [4.69, 9.17) is 11.6 Å². The maximum atomic E-state index is 12.4. The number of rotatable bonds is 4. The smallest absolute Gasteiger partial charge is 0.212 e. The van der Waals surface area contributed by atoms with Gasteiger partial charge in [0.1, 0.15) is 0 Å². The molecule has 0 aliphatic carbocycles. The van der Waals surface area contributed by atoms with Gasteiger partial charge in [0.2, 0.25) is 10.0 Å². The van der Waals surface area contributed by atoms with Gasteiger partial charge in [-0.15, -0.1) is 11.6 Å². The average Bonchev–Trinajstić information content (AvgIpc) is 2.38. The number of hydrogen-bond acceptors (Lipinski definition) is 3. The summed E-state index contributed by atoms with van der Waals surface area (Å²) in [4.78, 5) is 0. The van der Waals surface area contributed by atoms with Crippen LogP contribution in [0.1, 0.15) is 18.1 Å². The van der Waals surface area contributed by atoms with Crippen LogP contribution in [0.3, 0.4) is 0 Å². The molecule has 6 heteroatoms. The minimum atomic E-state index is -3.23. The molecule has 2 rings (SSSR count). The molecule has 1 aromatic rings. The number of sulfonamides is 1. The molecule has 0 amide bonds. The van der Waals surface area contributed by atoms with Gasteiger partial charge in [0.25, 0.3) is 0 Å². The van der Waals surface area contributed by atoms with Crippen LogP contribution in [-0.4, -0.2) is 36.8 Å². The van der Waals surface area contributed by atoms with E-state index in [0.717, 1.165) is 22.6 Å². The Balaban J connectivity index is 2.15. The van der Waals surface area contributed by atoms with E-state index in [1.54, 1.807) is 4.31 Å². The van der Waals surface area contributed by atoms with Gasteiger partial charge in [-0.05, 0) is 18.1 Å². The van der Waals surface area contributed by atoms with Gasteiger partial charge in [-0.2, -0.15) is 16.1 Å². The second-order valence-corrected chi connectivity index (χ2v) is 8.08. The first kappa shape index (κ1) is 15.2. The lowest BCUT2D eigenvalue weighted by Crippen LogP contribution is -2.44. The topological polar surface area (TPSA) is 37.4 Å². The highest BCUT2D eigenvalue weighted by Gasteiger charge is 2.29. The summed E-state index contributed by atoms with van der Waals surface area (Å²) in [6.45, 7) is 2.59. The van der Waals surface area contributed by atoms with Crippen molar-refractivity contribution in [2.45, 2.75) is 24.6 Å². The lowest BCUT2D eigenvalue weighted by Gasteiger charge is -2.32. The SMILES string of the molecule is CC1CSCCN1S(=O)(=O)Cc1cccc(CCl)c1. The normalized spacial score (nSPS) is 21.5. The van der Waals surface area contributed by atoms with Crippen molar-refractivity contribution in [2.75, 3.05) is 18.1 Å². The van der Waals surface area contributed by atoms with Gasteiger partial charge in [0.05, 0.1) is 5.75 Å². The molecule has 0 spiro atoms. The van der Waals surface area contributed by atoms with Crippen LogP contribution in [0, 0.1) is 0 Å². The standard InChI is InChI=1S/C13H18ClNO2S2/c1-11-9-18-6-5-15(11)19(16,17)10-13-4-2-3-12(7-13)8-14/h2-4,7,11H,5-6,8-10H2,1H3. The molecule has 1 saturated heterocycles. The Hall–Kier alpha value is -0.230. The van der Waals surface area contributed by atoms with E-state index < -0.39 is 10.0 Å². The van der Waals surface area contributed by atoms with Crippen LogP contribution in [0.5, 0.6) is 0 Å². The third-order valence-electron chi connectivity index (χ3n) is 3.16. The Labute approximate surface area is 124 Å². The van der Waals surface area contributed by atoms with Crippen LogP contribution >= 0.6 is 23.4 Å². The summed E-state index contributed by atoms with van der Waals surface area (Å²) in [5, 5.41) is 0. The maximum absolute atomic E-state index is 12.4. The summed E-state index contributed by atoms with van der Waals surface area (Å²) in [6.07, 6.45) is 0. The van der Waals surface area contributed by atoms with E-state index in [1.807, 2.05) is 43.0 Å². The third kappa shape index (κ3) is 3.88. The van der Waals surface area contributed by atoms with E-state index in [9.17, 15) is 8.42 Å². The molecule has 0 aromatic heterocycles. The zero-order valence-electron chi connectivity index (χ0n) is 10.9. The van der Waals surface area contributed by atoms with Crippen molar-refractivity contribution in [3.05, 3.63) is 35.4 Å². The van der Waals surface area contributed by atoms with E-state index in [2.05, 4.69) is 0 Å². The number of hydrogen-bond donors (Lipinski definition) is 0. The van der Waals surface area contributed by atoms with Gasteiger partial charge in [-0.1, -0.05) is 24.3 Å². The Morgan fingerprint density at radius 2 is 2.16 bits per heavy atom. The van der Waals surface area contributed by atoms with Crippen LogP contribution in [0.15, 0.2) is 24.3 Å². The molecule has 3 nitrogen and oxygen atoms in total. The zero-order chi connectivity index (χ0) is 13.9. The highest BCUT2D eigenvalue weighted by molar-refractivity contribution is 7.99. The largest absolute Gasteiger partial charge is 0.218 e. The fourth-order valence-corrected chi connectivity index (χ4v) is 5.37. The molecule has 0 bridgehead atoms. The first-order chi connectivity index (χ1) is 9.03. The van der Waals surface area contributed by atoms with Gasteiger partial charge in [-0.3, -0.25) is 0 Å². The molecule has 1 aromatic carbocycles. The number of thioether (sulfide) groups is 1. The summed E-state index contributed by atoms with van der Waals surface area (Å²) < 4.78 is 26.5. The molecular weight excluding hydrogens is 302 g/mol. The third-order valence-corrected chi connectivity index (χ3v) is 6.61. The summed E-state index contributed by atoms with van der Waals surface area (Å²) in [5.74, 6) is 2.23. The molecule has 1 atom stereocenters. The van der Waals surface area contributed by atoms with E-state index >= 15 is 0 Å². The Morgan fingerprint density at radius 1 is 1.42 bits per heavy atom. The lowest BCUT2D eigenvalue weighted by atomic mass is 10.2. The molecule has 1 heterocycles. The van der Waals surface area contributed by atoms with Crippen molar-refractivity contribution in [1.29, 1.82) is 0 Å². The fourth-order valence-electron chi connectivity index (χ4n) is 2.22. The summed E-state index contributed by atoms with van der Waals surface area (Å²) in [6, 6.07) is 7.56. The molecule has 19 heavy (non-hydrogen) atoms. The van der Waals surface area contributed by atoms with E-state index in [1.165, 1.54) is 0 Å². The molecule has 0 saturated carbocycles. The lowest BCUT2D eigenvalue weighted by molar-refractivity contribution is 0.367. The monoisotopic (exact) mass is 319 g/mol. The summed E-state index contributed by atoms with van der Waals surface area (Å²) >= 11 is 7.59. The van der Waals surface area contributed by atoms with Crippen LogP contribution in [0.25, 0.3) is 0 Å². The Morgan fingerprint density at radius 3 is 2.84 bits per heavy atom. The van der Waals surface area contributed by atoms with Crippen LogP contribution in [0.2, 0.25) is 0 Å². The maximum Gasteiger partial charge on any atom is 0.218 e. The second kappa shape index (κ2) is 6.48. The van der Waals surface area contributed by atoms with Gasteiger partial charge in [0, 0.05) is 30.0 Å². The highest BCUT2D eigenvalue weighted by atomic mass is 35.5. The van der Waals surface area contributed by atoms with Gasteiger partial charge < -0.3 is 0 Å². The number of halogens is 1. The minimum absolute atomic E-state index is 0.0622. The number of alkyl halides is 1. The Bertz CT molecular complexity index is 533. The van der Waals surface area contributed by atoms with Crippen LogP contribution < -0.4 is 0 Å². The van der Waals surface area contributed by atoms with Crippen molar-refractivity contribution in [2.24, 2.45) is 0 Å². The predicted molar refractivity (Wildman–Crippen MR) is 82.1 cm³/mol. The predicted octanol–water partition coefficient (Wildman–Crippen LogP) is 2.69. The van der Waals surface area contributed by atoms with Crippen molar-refractivity contribution in [3.8, 4) is 0 Å². The zero-order valence-corrected chi connectivity index (χ0v) is 13.3. The molecule has 1 unspecified atom stereocenters. The number of benzene rings is 1. The molecule has 0 radical (unpaired) electrons. The molecule has 0 N–H and O–H groups in total. The number of nitrogens with zero attached hydrogens (tertiary/aromatic N) is 1. The van der Waals surface area contributed by atoms with Crippen LogP contribution in [0.4, 0.5) is 0 Å². The average molecular weight is 320 g/mol. The van der Waals surface area contributed by atoms with E-state index in [-0.39, 0.29) is 11.8 Å². The first-order valence-corrected chi connectivity index (χ1v) is 9.54. The molecule has 1 aliphatic rings. The van der Waals surface area contributed by atoms with Gasteiger partial charge in [0.15, 0.2) is 0 Å². The molecular formula is C13H18ClNO2S2. The van der Waals surface area contributed by atoms with Crippen molar-refractivity contribution in [3.63, 3.8) is 0 Å². The van der Waals surface area contributed by atoms with Crippen molar-refractivity contribution in [1.82, 2.24) is 4.31 Å². The highest BCUT2D eigenvalue weighted by Crippen LogP contribution is 2.22. The fraction of sp³-hybridized carbons (Fsp3) is 0.538. The first-order valence-electron chi connectivity index (χ1n) is 6.24. The van der Waals surface area contributed by atoms with Crippen molar-refractivity contribution >= 4 is 33.4 Å².